The van der Waals surface area contributed by atoms with E-state index in [4.69, 9.17) is 0 Å². The Morgan fingerprint density at radius 1 is 0.938 bits per heavy atom. The van der Waals surface area contributed by atoms with Gasteiger partial charge in [0.15, 0.2) is 11.6 Å². The molecular weight excluding hydrogens is 429 g/mol. The third-order valence-corrected chi connectivity index (χ3v) is 5.62. The maximum absolute atomic E-state index is 13.8. The molecule has 0 saturated heterocycles. The minimum atomic E-state index is -4.56. The van der Waals surface area contributed by atoms with Crippen molar-refractivity contribution < 1.29 is 26.7 Å². The summed E-state index contributed by atoms with van der Waals surface area (Å²) in [5.41, 5.74) is -0.704. The van der Waals surface area contributed by atoms with Crippen molar-refractivity contribution in [1.29, 1.82) is 0 Å². The van der Waals surface area contributed by atoms with Crippen LogP contribution in [0.1, 0.15) is 41.7 Å². The van der Waals surface area contributed by atoms with E-state index in [9.17, 15) is 26.7 Å². The summed E-state index contributed by atoms with van der Waals surface area (Å²) in [5, 5.41) is 6.51. The van der Waals surface area contributed by atoms with E-state index in [2.05, 4.69) is 15.6 Å². The zero-order valence-corrected chi connectivity index (χ0v) is 16.8. The van der Waals surface area contributed by atoms with Crippen molar-refractivity contribution in [3.05, 3.63) is 71.4 Å². The Hall–Kier alpha value is -3.23. The molecule has 0 spiro atoms. The number of carbonyl (C=O) groups is 1. The second kappa shape index (κ2) is 8.72. The quantitative estimate of drug-likeness (QED) is 0.504. The highest BCUT2D eigenvalue weighted by molar-refractivity contribution is 5.94. The molecule has 0 radical (unpaired) electrons. The average Bonchev–Trinajstić information content (AvgIpc) is 2.76. The summed E-state index contributed by atoms with van der Waals surface area (Å²) in [7, 11) is 0. The normalized spacial score (nSPS) is 19.0. The fraction of sp³-hybridized carbons (Fsp3) is 0.304. The number of aromatic nitrogens is 1. The minimum absolute atomic E-state index is 0.0963. The van der Waals surface area contributed by atoms with Gasteiger partial charge in [-0.1, -0.05) is 24.3 Å². The van der Waals surface area contributed by atoms with Crippen LogP contribution < -0.4 is 10.6 Å². The van der Waals surface area contributed by atoms with Crippen molar-refractivity contribution in [2.45, 2.75) is 43.9 Å². The number of pyridine rings is 1. The molecule has 1 saturated carbocycles. The van der Waals surface area contributed by atoms with Gasteiger partial charge in [0.05, 0.1) is 11.1 Å². The van der Waals surface area contributed by atoms with Crippen molar-refractivity contribution in [1.82, 2.24) is 10.3 Å². The first-order valence-corrected chi connectivity index (χ1v) is 10.2. The summed E-state index contributed by atoms with van der Waals surface area (Å²) in [5.74, 6) is -2.97. The number of hydrogen-bond acceptors (Lipinski definition) is 3. The van der Waals surface area contributed by atoms with E-state index in [1.807, 2.05) is 0 Å². The molecule has 0 unspecified atom stereocenters. The van der Waals surface area contributed by atoms with Gasteiger partial charge >= 0.3 is 6.18 Å². The van der Waals surface area contributed by atoms with Crippen LogP contribution in [-0.4, -0.2) is 23.0 Å². The summed E-state index contributed by atoms with van der Waals surface area (Å²) in [6, 6.07) is 10.7. The van der Waals surface area contributed by atoms with Crippen LogP contribution in [0.25, 0.3) is 10.9 Å². The van der Waals surface area contributed by atoms with Crippen LogP contribution in [0.5, 0.6) is 0 Å². The van der Waals surface area contributed by atoms with Gasteiger partial charge in [-0.25, -0.2) is 13.8 Å². The second-order valence-corrected chi connectivity index (χ2v) is 7.84. The number of nitrogens with one attached hydrogen (secondary N) is 2. The topological polar surface area (TPSA) is 54.0 Å². The van der Waals surface area contributed by atoms with Gasteiger partial charge in [-0.3, -0.25) is 4.79 Å². The fourth-order valence-electron chi connectivity index (χ4n) is 3.98. The summed E-state index contributed by atoms with van der Waals surface area (Å²) in [6.45, 7) is 0. The van der Waals surface area contributed by atoms with E-state index in [-0.39, 0.29) is 23.2 Å². The van der Waals surface area contributed by atoms with Crippen LogP contribution in [0.3, 0.4) is 0 Å². The number of amides is 1. The Morgan fingerprint density at radius 2 is 1.62 bits per heavy atom. The van der Waals surface area contributed by atoms with E-state index in [0.717, 1.165) is 12.1 Å². The third-order valence-electron chi connectivity index (χ3n) is 5.62. The van der Waals surface area contributed by atoms with Gasteiger partial charge in [0.25, 0.3) is 5.91 Å². The van der Waals surface area contributed by atoms with E-state index in [0.29, 0.717) is 36.8 Å². The highest BCUT2D eigenvalue weighted by Crippen LogP contribution is 2.34. The average molecular weight is 449 g/mol. The van der Waals surface area contributed by atoms with Crippen LogP contribution in [0.4, 0.5) is 27.6 Å². The number of para-hydroxylation sites is 1. The molecule has 0 aliphatic heterocycles. The van der Waals surface area contributed by atoms with Crippen LogP contribution >= 0.6 is 0 Å². The lowest BCUT2D eigenvalue weighted by molar-refractivity contribution is -0.140. The standard InChI is InChI=1S/C23H20F5N3O/c24-17-6-3-5-16(21(17)25)22(32)30-14-10-8-13(9-11-14)29-19-12-20(23(26,27)28)31-18-7-2-1-4-15(18)19/h1-7,12-14H,8-11H2,(H,29,31)(H,30,32)/t13-,14+. The van der Waals surface area contributed by atoms with Crippen LogP contribution in [-0.2, 0) is 6.18 Å². The van der Waals surface area contributed by atoms with E-state index in [1.165, 1.54) is 18.2 Å². The van der Waals surface area contributed by atoms with E-state index >= 15 is 0 Å². The first-order chi connectivity index (χ1) is 15.2. The molecule has 9 heteroatoms. The highest BCUT2D eigenvalue weighted by atomic mass is 19.4. The molecule has 4 rings (SSSR count). The molecule has 4 nitrogen and oxygen atoms in total. The SMILES string of the molecule is O=C(N[C@H]1CC[C@@H](Nc2cc(C(F)(F)F)nc3ccccc23)CC1)c1cccc(F)c1F. The number of anilines is 1. The Balaban J connectivity index is 1.43. The lowest BCUT2D eigenvalue weighted by Crippen LogP contribution is -2.40. The molecule has 3 aromatic rings. The molecule has 0 atom stereocenters. The lowest BCUT2D eigenvalue weighted by atomic mass is 9.90. The van der Waals surface area contributed by atoms with Gasteiger partial charge in [-0.05, 0) is 49.9 Å². The zero-order chi connectivity index (χ0) is 22.9. The molecule has 1 amide bonds. The molecular formula is C23H20F5N3O. The van der Waals surface area contributed by atoms with Gasteiger partial charge in [-0.2, -0.15) is 13.2 Å². The van der Waals surface area contributed by atoms with Crippen molar-refractivity contribution >= 4 is 22.5 Å². The van der Waals surface area contributed by atoms with Crippen LogP contribution in [0.15, 0.2) is 48.5 Å². The molecule has 0 bridgehead atoms. The molecule has 1 aromatic heterocycles. The summed E-state index contributed by atoms with van der Waals surface area (Å²) >= 11 is 0. The molecule has 32 heavy (non-hydrogen) atoms. The molecule has 1 heterocycles. The highest BCUT2D eigenvalue weighted by Gasteiger charge is 2.34. The first-order valence-electron chi connectivity index (χ1n) is 10.2. The second-order valence-electron chi connectivity index (χ2n) is 7.84. The first kappa shape index (κ1) is 22.0. The van der Waals surface area contributed by atoms with Crippen LogP contribution in [0.2, 0.25) is 0 Å². The Morgan fingerprint density at radius 3 is 2.34 bits per heavy atom. The molecule has 2 aromatic carbocycles. The number of fused-ring (bicyclic) bond motifs is 1. The smallest absolute Gasteiger partial charge is 0.382 e. The van der Waals surface area contributed by atoms with E-state index in [1.54, 1.807) is 18.2 Å². The van der Waals surface area contributed by atoms with E-state index < -0.39 is 29.4 Å². The predicted octanol–water partition coefficient (Wildman–Crippen LogP) is 5.68. The van der Waals surface area contributed by atoms with Gasteiger partial charge in [0, 0.05) is 23.2 Å². The largest absolute Gasteiger partial charge is 0.433 e. The van der Waals surface area contributed by atoms with Crippen molar-refractivity contribution in [3.63, 3.8) is 0 Å². The summed E-state index contributed by atoms with van der Waals surface area (Å²) < 4.78 is 67.0. The lowest BCUT2D eigenvalue weighted by Gasteiger charge is -2.30. The Bertz CT molecular complexity index is 1140. The monoisotopic (exact) mass is 449 g/mol. The van der Waals surface area contributed by atoms with Gasteiger partial charge in [-0.15, -0.1) is 0 Å². The van der Waals surface area contributed by atoms with Crippen LogP contribution in [0, 0.1) is 11.6 Å². The zero-order valence-electron chi connectivity index (χ0n) is 16.8. The number of hydrogen-bond donors (Lipinski definition) is 2. The number of halogens is 5. The summed E-state index contributed by atoms with van der Waals surface area (Å²) in [4.78, 5) is 16.0. The number of rotatable bonds is 4. The van der Waals surface area contributed by atoms with Gasteiger partial charge < -0.3 is 10.6 Å². The van der Waals surface area contributed by atoms with Gasteiger partial charge in [0.1, 0.15) is 5.69 Å². The molecule has 1 fully saturated rings. The molecule has 1 aliphatic carbocycles. The maximum Gasteiger partial charge on any atom is 0.433 e. The third kappa shape index (κ3) is 4.66. The molecule has 2 N–H and O–H groups in total. The fourth-order valence-corrected chi connectivity index (χ4v) is 3.98. The number of benzene rings is 2. The Kier molecular flexibility index (Phi) is 5.99. The van der Waals surface area contributed by atoms with Gasteiger partial charge in [0.2, 0.25) is 0 Å². The maximum atomic E-state index is 13.8. The molecule has 1 aliphatic rings. The molecule has 168 valence electrons. The van der Waals surface area contributed by atoms with Crippen molar-refractivity contribution in [2.24, 2.45) is 0 Å². The Labute approximate surface area is 180 Å². The summed E-state index contributed by atoms with van der Waals surface area (Å²) in [6.07, 6.45) is -2.28. The number of nitrogens with zero attached hydrogens (tertiary/aromatic N) is 1. The minimum Gasteiger partial charge on any atom is -0.382 e. The predicted molar refractivity (Wildman–Crippen MR) is 110 cm³/mol. The number of alkyl halides is 3. The van der Waals surface area contributed by atoms with Crippen molar-refractivity contribution in [3.8, 4) is 0 Å². The number of carbonyl (C=O) groups excluding carboxylic acids is 1. The van der Waals surface area contributed by atoms with Crippen molar-refractivity contribution in [2.75, 3.05) is 5.32 Å².